The van der Waals surface area contributed by atoms with Gasteiger partial charge in [-0.25, -0.2) is 0 Å². The molecule has 0 bridgehead atoms. The first kappa shape index (κ1) is 18.0. The maximum atomic E-state index is 11.3. The molecule has 0 aliphatic heterocycles. The van der Waals surface area contributed by atoms with Crippen LogP contribution in [0.2, 0.25) is 0 Å². The molecule has 0 saturated heterocycles. The number of unbranched alkanes of at least 4 members (excludes halogenated alkanes) is 3. The highest BCUT2D eigenvalue weighted by Gasteiger charge is 2.16. The Hall–Kier alpha value is -1.03. The quantitative estimate of drug-likeness (QED) is 0.462. The Kier molecular flexibility index (Phi) is 9.15. The molecule has 4 heteroatoms. The molecule has 1 N–H and O–H groups in total. The Morgan fingerprint density at radius 1 is 1.14 bits per heavy atom. The third-order valence-electron chi connectivity index (χ3n) is 3.73. The zero-order chi connectivity index (χ0) is 15.5. The highest BCUT2D eigenvalue weighted by molar-refractivity contribution is 9.09. The number of halogens is 1. The van der Waals surface area contributed by atoms with E-state index in [0.717, 1.165) is 36.8 Å². The van der Waals surface area contributed by atoms with Gasteiger partial charge in [-0.05, 0) is 43.4 Å². The van der Waals surface area contributed by atoms with Gasteiger partial charge in [0.05, 0.1) is 13.0 Å². The zero-order valence-corrected chi connectivity index (χ0v) is 14.3. The summed E-state index contributed by atoms with van der Waals surface area (Å²) in [4.78, 5) is 11.3. The molecule has 1 aromatic rings. The summed E-state index contributed by atoms with van der Waals surface area (Å²) in [6.45, 7) is 0. The second kappa shape index (κ2) is 10.7. The summed E-state index contributed by atoms with van der Waals surface area (Å²) in [5, 5.41) is 10.3. The molecule has 1 rings (SSSR count). The van der Waals surface area contributed by atoms with E-state index in [0.29, 0.717) is 6.42 Å². The van der Waals surface area contributed by atoms with Gasteiger partial charge in [-0.15, -0.1) is 0 Å². The molecule has 0 spiro atoms. The summed E-state index contributed by atoms with van der Waals surface area (Å²) in [6.07, 6.45) is 6.78. The molecule has 3 nitrogen and oxygen atoms in total. The maximum Gasteiger partial charge on any atom is 0.306 e. The van der Waals surface area contributed by atoms with Gasteiger partial charge < -0.3 is 9.84 Å². The fourth-order valence-corrected chi connectivity index (χ4v) is 2.76. The number of hydrogen-bond donors (Lipinski definition) is 1. The molecule has 1 aromatic carbocycles. The molecule has 0 aromatic heterocycles. The summed E-state index contributed by atoms with van der Waals surface area (Å²) in [6, 6.07) is 7.86. The van der Waals surface area contributed by atoms with Gasteiger partial charge in [0, 0.05) is 5.33 Å². The number of carbonyl (C=O) groups is 1. The van der Waals surface area contributed by atoms with Gasteiger partial charge >= 0.3 is 5.97 Å². The van der Waals surface area contributed by atoms with E-state index < -0.39 is 5.97 Å². The fourth-order valence-electron chi connectivity index (χ4n) is 2.36. The Morgan fingerprint density at radius 2 is 1.81 bits per heavy atom. The highest BCUT2D eigenvalue weighted by atomic mass is 79.9. The van der Waals surface area contributed by atoms with Gasteiger partial charge in [0.25, 0.3) is 0 Å². The Balaban J connectivity index is 2.34. The van der Waals surface area contributed by atoms with Crippen molar-refractivity contribution in [2.75, 3.05) is 12.4 Å². The van der Waals surface area contributed by atoms with E-state index in [1.54, 1.807) is 7.11 Å². The monoisotopic (exact) mass is 356 g/mol. The first-order chi connectivity index (χ1) is 10.2. The van der Waals surface area contributed by atoms with Crippen LogP contribution in [0.1, 0.15) is 44.1 Å². The minimum atomic E-state index is -0.663. The van der Waals surface area contributed by atoms with Crippen LogP contribution < -0.4 is 4.74 Å². The largest absolute Gasteiger partial charge is 0.497 e. The molecule has 0 amide bonds. The van der Waals surface area contributed by atoms with E-state index in [9.17, 15) is 9.90 Å². The number of hydrogen-bond acceptors (Lipinski definition) is 2. The lowest BCUT2D eigenvalue weighted by Crippen LogP contribution is -2.14. The predicted octanol–water partition coefficient (Wildman–Crippen LogP) is 4.67. The number of benzene rings is 1. The van der Waals surface area contributed by atoms with Crippen molar-refractivity contribution in [3.8, 4) is 5.75 Å². The Labute approximate surface area is 135 Å². The van der Waals surface area contributed by atoms with Crippen LogP contribution in [0.5, 0.6) is 5.75 Å². The van der Waals surface area contributed by atoms with Crippen LogP contribution in [0, 0.1) is 5.92 Å². The smallest absolute Gasteiger partial charge is 0.306 e. The van der Waals surface area contributed by atoms with Gasteiger partial charge in [-0.1, -0.05) is 47.3 Å². The van der Waals surface area contributed by atoms with Crippen molar-refractivity contribution >= 4 is 21.9 Å². The maximum absolute atomic E-state index is 11.3. The van der Waals surface area contributed by atoms with Crippen LogP contribution in [0.3, 0.4) is 0 Å². The predicted molar refractivity (Wildman–Crippen MR) is 89.3 cm³/mol. The van der Waals surface area contributed by atoms with Crippen molar-refractivity contribution < 1.29 is 14.6 Å². The first-order valence-electron chi connectivity index (χ1n) is 7.59. The summed E-state index contributed by atoms with van der Waals surface area (Å²) in [5.41, 5.74) is 1.17. The van der Waals surface area contributed by atoms with Crippen molar-refractivity contribution in [2.24, 2.45) is 5.92 Å². The van der Waals surface area contributed by atoms with Crippen LogP contribution >= 0.6 is 15.9 Å². The SMILES string of the molecule is COc1ccc(CCC(CCCCCCBr)C(=O)O)cc1. The van der Waals surface area contributed by atoms with Crippen molar-refractivity contribution in [1.82, 2.24) is 0 Å². The van der Waals surface area contributed by atoms with Gasteiger partial charge in [0.1, 0.15) is 5.75 Å². The second-order valence-electron chi connectivity index (χ2n) is 5.31. The summed E-state index contributed by atoms with van der Waals surface area (Å²) < 4.78 is 5.12. The van der Waals surface area contributed by atoms with E-state index >= 15 is 0 Å². The Morgan fingerprint density at radius 3 is 2.38 bits per heavy atom. The molecule has 0 aliphatic carbocycles. The topological polar surface area (TPSA) is 46.5 Å². The van der Waals surface area contributed by atoms with Gasteiger partial charge in [0.2, 0.25) is 0 Å². The molecule has 0 fully saturated rings. The van der Waals surface area contributed by atoms with Crippen molar-refractivity contribution in [3.63, 3.8) is 0 Å². The summed E-state index contributed by atoms with van der Waals surface area (Å²) >= 11 is 3.41. The molecular weight excluding hydrogens is 332 g/mol. The molecule has 118 valence electrons. The number of rotatable bonds is 11. The highest BCUT2D eigenvalue weighted by Crippen LogP contribution is 2.19. The first-order valence-corrected chi connectivity index (χ1v) is 8.71. The van der Waals surface area contributed by atoms with E-state index in [1.807, 2.05) is 24.3 Å². The molecule has 1 unspecified atom stereocenters. The normalized spacial score (nSPS) is 12.1. The van der Waals surface area contributed by atoms with Crippen molar-refractivity contribution in [3.05, 3.63) is 29.8 Å². The molecule has 0 radical (unpaired) electrons. The molecular formula is C17H25BrO3. The molecule has 0 saturated carbocycles. The lowest BCUT2D eigenvalue weighted by atomic mass is 9.94. The van der Waals surface area contributed by atoms with Crippen LogP contribution in [-0.2, 0) is 11.2 Å². The third kappa shape index (κ3) is 7.51. The minimum Gasteiger partial charge on any atom is -0.497 e. The average Bonchev–Trinajstić information content (AvgIpc) is 2.50. The average molecular weight is 357 g/mol. The fraction of sp³-hybridized carbons (Fsp3) is 0.588. The van der Waals surface area contributed by atoms with Crippen LogP contribution in [0.25, 0.3) is 0 Å². The number of alkyl halides is 1. The number of carboxylic acid groups (broad SMARTS) is 1. The lowest BCUT2D eigenvalue weighted by molar-refractivity contribution is -0.142. The molecule has 1 atom stereocenters. The number of aliphatic carboxylic acids is 1. The number of methoxy groups -OCH3 is 1. The van der Waals surface area contributed by atoms with Crippen LogP contribution in [0.15, 0.2) is 24.3 Å². The summed E-state index contributed by atoms with van der Waals surface area (Å²) in [5.74, 6) is -0.0552. The number of ether oxygens (including phenoxy) is 1. The van der Waals surface area contributed by atoms with Gasteiger partial charge in [-0.3, -0.25) is 4.79 Å². The van der Waals surface area contributed by atoms with Crippen LogP contribution in [-0.4, -0.2) is 23.5 Å². The number of carboxylic acids is 1. The van der Waals surface area contributed by atoms with E-state index in [2.05, 4.69) is 15.9 Å². The summed E-state index contributed by atoms with van der Waals surface area (Å²) in [7, 11) is 1.64. The van der Waals surface area contributed by atoms with E-state index in [1.165, 1.54) is 18.4 Å². The lowest BCUT2D eigenvalue weighted by Gasteiger charge is -2.12. The molecule has 0 aliphatic rings. The van der Waals surface area contributed by atoms with Gasteiger partial charge in [-0.2, -0.15) is 0 Å². The minimum absolute atomic E-state index is 0.226. The second-order valence-corrected chi connectivity index (χ2v) is 6.11. The van der Waals surface area contributed by atoms with Gasteiger partial charge in [0.15, 0.2) is 0 Å². The zero-order valence-electron chi connectivity index (χ0n) is 12.7. The number of aryl methyl sites for hydroxylation is 1. The molecule has 21 heavy (non-hydrogen) atoms. The standard InChI is InChI=1S/C17H25BrO3/c1-21-16-11-8-14(9-12-16)7-10-15(17(19)20)6-4-2-3-5-13-18/h8-9,11-12,15H,2-7,10,13H2,1H3,(H,19,20). The van der Waals surface area contributed by atoms with Crippen LogP contribution in [0.4, 0.5) is 0 Å². The third-order valence-corrected chi connectivity index (χ3v) is 4.29. The van der Waals surface area contributed by atoms with Crippen molar-refractivity contribution in [2.45, 2.75) is 44.9 Å². The molecule has 0 heterocycles. The van der Waals surface area contributed by atoms with Crippen molar-refractivity contribution in [1.29, 1.82) is 0 Å². The van der Waals surface area contributed by atoms with E-state index in [-0.39, 0.29) is 5.92 Å². The Bertz CT molecular complexity index is 403. The van der Waals surface area contributed by atoms with E-state index in [4.69, 9.17) is 4.74 Å².